The van der Waals surface area contributed by atoms with Crippen molar-refractivity contribution in [1.82, 2.24) is 0 Å². The van der Waals surface area contributed by atoms with E-state index in [4.69, 9.17) is 18.9 Å². The maximum Gasteiger partial charge on any atom is 0.420 e. The fraction of sp³-hybridized carbons (Fsp3) is 0.0303. The normalized spacial score (nSPS) is 10.2. The molecule has 0 amide bonds. The van der Waals surface area contributed by atoms with Crippen molar-refractivity contribution in [3.63, 3.8) is 0 Å². The number of benzene rings is 3. The molecule has 3 rings (SSSR count). The molecule has 0 fully saturated rings. The molecule has 0 N–H and O–H groups in total. The minimum atomic E-state index is -5.19. The highest BCUT2D eigenvalue weighted by Gasteiger charge is 2.41. The molecule has 0 spiro atoms. The van der Waals surface area contributed by atoms with Crippen LogP contribution in [0.1, 0.15) is 16.7 Å². The molecule has 3 aromatic rings. The molecule has 8 nitrogen and oxygen atoms in total. The van der Waals surface area contributed by atoms with Crippen molar-refractivity contribution in [3.8, 4) is 46.0 Å². The molecule has 0 atom stereocenters. The number of rotatable bonds is 9. The molecule has 0 aliphatic rings. The number of ether oxygens (including phenoxy) is 4. The molecule has 222 valence electrons. The molecule has 0 saturated heterocycles. The standard InChI is InChI=1S/C33H21F3O8/c1-5-26(37)41-23-15-10-20(11-16-23)9-12-22-19-25(43-28(39)7-3)30(21-13-17-24(18-14-21)42-27(38)6-2)31(33(34,35)36)32(22)44-29(40)8-4/h5-8,10-11,13-19H,1-4H2. The zero-order valence-corrected chi connectivity index (χ0v) is 22.7. The molecule has 0 radical (unpaired) electrons. The fourth-order valence-corrected chi connectivity index (χ4v) is 3.52. The maximum absolute atomic E-state index is 14.8. The van der Waals surface area contributed by atoms with E-state index in [1.54, 1.807) is 0 Å². The van der Waals surface area contributed by atoms with Gasteiger partial charge in [0.2, 0.25) is 0 Å². The highest BCUT2D eigenvalue weighted by molar-refractivity contribution is 5.90. The molecule has 3 aromatic carbocycles. The van der Waals surface area contributed by atoms with Crippen LogP contribution in [0.3, 0.4) is 0 Å². The van der Waals surface area contributed by atoms with E-state index >= 15 is 0 Å². The van der Waals surface area contributed by atoms with Crippen LogP contribution in [0, 0.1) is 11.8 Å². The van der Waals surface area contributed by atoms with Crippen LogP contribution in [0.5, 0.6) is 23.0 Å². The Morgan fingerprint density at radius 1 is 0.636 bits per heavy atom. The smallest absolute Gasteiger partial charge is 0.420 e. The molecular weight excluding hydrogens is 581 g/mol. The lowest BCUT2D eigenvalue weighted by atomic mass is 9.94. The Morgan fingerprint density at radius 2 is 1.09 bits per heavy atom. The van der Waals surface area contributed by atoms with Crippen LogP contribution in [0.4, 0.5) is 13.2 Å². The van der Waals surface area contributed by atoms with Crippen LogP contribution in [0.2, 0.25) is 0 Å². The predicted octanol–water partition coefficient (Wildman–Crippen LogP) is 6.14. The van der Waals surface area contributed by atoms with Crippen molar-refractivity contribution in [1.29, 1.82) is 0 Å². The average Bonchev–Trinajstić information content (AvgIpc) is 3.00. The number of halogens is 3. The summed E-state index contributed by atoms with van der Waals surface area (Å²) in [5.41, 5.74) is -2.52. The minimum Gasteiger partial charge on any atom is -0.423 e. The van der Waals surface area contributed by atoms with Gasteiger partial charge in [-0.3, -0.25) is 0 Å². The average molecular weight is 603 g/mol. The van der Waals surface area contributed by atoms with E-state index < -0.39 is 58.2 Å². The second-order valence-electron chi connectivity index (χ2n) is 8.30. The summed E-state index contributed by atoms with van der Waals surface area (Å²) in [6.45, 7) is 13.1. The summed E-state index contributed by atoms with van der Waals surface area (Å²) in [5, 5.41) is 0. The summed E-state index contributed by atoms with van der Waals surface area (Å²) >= 11 is 0. The summed E-state index contributed by atoms with van der Waals surface area (Å²) in [6.07, 6.45) is -1.93. The van der Waals surface area contributed by atoms with Crippen molar-refractivity contribution >= 4 is 23.9 Å². The molecule has 0 unspecified atom stereocenters. The Balaban J connectivity index is 2.30. The van der Waals surface area contributed by atoms with Gasteiger partial charge < -0.3 is 18.9 Å². The monoisotopic (exact) mass is 602 g/mol. The Labute approximate surface area is 249 Å². The van der Waals surface area contributed by atoms with Gasteiger partial charge in [0.15, 0.2) is 5.75 Å². The Morgan fingerprint density at radius 3 is 1.57 bits per heavy atom. The quantitative estimate of drug-likeness (QED) is 0.125. The van der Waals surface area contributed by atoms with Crippen LogP contribution >= 0.6 is 0 Å². The SMILES string of the molecule is C=CC(=O)Oc1ccc(C#Cc2cc(OC(=O)C=C)c(-c3ccc(OC(=O)C=C)cc3)c(C(F)(F)F)c2OC(=O)C=C)cc1. The van der Waals surface area contributed by atoms with E-state index in [2.05, 4.69) is 38.2 Å². The van der Waals surface area contributed by atoms with Crippen LogP contribution in [0.25, 0.3) is 11.1 Å². The Bertz CT molecular complexity index is 1720. The van der Waals surface area contributed by atoms with Gasteiger partial charge in [-0.05, 0) is 42.0 Å². The molecular formula is C33H21F3O8. The summed E-state index contributed by atoms with van der Waals surface area (Å²) in [7, 11) is 0. The van der Waals surface area contributed by atoms with Gasteiger partial charge in [-0.1, -0.05) is 50.3 Å². The third-order valence-electron chi connectivity index (χ3n) is 5.38. The van der Waals surface area contributed by atoms with Crippen molar-refractivity contribution in [2.24, 2.45) is 0 Å². The summed E-state index contributed by atoms with van der Waals surface area (Å²) in [5.74, 6) is -0.0801. The summed E-state index contributed by atoms with van der Waals surface area (Å²) < 4.78 is 64.7. The van der Waals surface area contributed by atoms with Crippen LogP contribution < -0.4 is 18.9 Å². The lowest BCUT2D eigenvalue weighted by molar-refractivity contribution is -0.141. The first-order valence-electron chi connectivity index (χ1n) is 12.3. The van der Waals surface area contributed by atoms with Gasteiger partial charge in [-0.15, -0.1) is 0 Å². The fourth-order valence-electron chi connectivity index (χ4n) is 3.52. The van der Waals surface area contributed by atoms with Gasteiger partial charge in [-0.2, -0.15) is 13.2 Å². The van der Waals surface area contributed by atoms with Crippen molar-refractivity contribution < 1.29 is 51.3 Å². The third kappa shape index (κ3) is 8.20. The number of carbonyl (C=O) groups is 4. The van der Waals surface area contributed by atoms with E-state index in [0.29, 0.717) is 6.08 Å². The largest absolute Gasteiger partial charge is 0.423 e. The van der Waals surface area contributed by atoms with Crippen molar-refractivity contribution in [2.45, 2.75) is 6.18 Å². The Hall–Kier alpha value is -6.15. The Kier molecular flexibility index (Phi) is 10.4. The number of hydrogen-bond acceptors (Lipinski definition) is 8. The zero-order valence-electron chi connectivity index (χ0n) is 22.7. The van der Waals surface area contributed by atoms with E-state index in [9.17, 15) is 32.3 Å². The van der Waals surface area contributed by atoms with E-state index in [-0.39, 0.29) is 22.6 Å². The second-order valence-corrected chi connectivity index (χ2v) is 8.30. The molecule has 44 heavy (non-hydrogen) atoms. The van der Waals surface area contributed by atoms with Gasteiger partial charge in [0.05, 0.1) is 5.56 Å². The molecule has 0 aliphatic carbocycles. The first-order valence-corrected chi connectivity index (χ1v) is 12.3. The van der Waals surface area contributed by atoms with Gasteiger partial charge in [0.25, 0.3) is 0 Å². The molecule has 0 saturated carbocycles. The van der Waals surface area contributed by atoms with Crippen LogP contribution in [-0.2, 0) is 25.4 Å². The summed E-state index contributed by atoms with van der Waals surface area (Å²) in [6, 6.07) is 11.4. The number of hydrogen-bond donors (Lipinski definition) is 0. The number of alkyl halides is 3. The van der Waals surface area contributed by atoms with Crippen molar-refractivity contribution in [3.05, 3.63) is 122 Å². The van der Waals surface area contributed by atoms with Gasteiger partial charge in [0.1, 0.15) is 22.8 Å². The van der Waals surface area contributed by atoms with Gasteiger partial charge in [0, 0.05) is 41.5 Å². The second kappa shape index (κ2) is 14.2. The highest BCUT2D eigenvalue weighted by atomic mass is 19.4. The lowest BCUT2D eigenvalue weighted by Gasteiger charge is -2.21. The first kappa shape index (κ1) is 32.4. The molecule has 0 aliphatic heterocycles. The number of esters is 4. The molecule has 11 heteroatoms. The van der Waals surface area contributed by atoms with E-state index in [0.717, 1.165) is 24.3 Å². The van der Waals surface area contributed by atoms with Gasteiger partial charge in [-0.25, -0.2) is 19.2 Å². The van der Waals surface area contributed by atoms with Gasteiger partial charge >= 0.3 is 30.1 Å². The maximum atomic E-state index is 14.8. The minimum absolute atomic E-state index is 0.0112. The molecule has 0 bridgehead atoms. The highest BCUT2D eigenvalue weighted by Crippen LogP contribution is 2.49. The number of carbonyl (C=O) groups excluding carboxylic acids is 4. The third-order valence-corrected chi connectivity index (χ3v) is 5.38. The van der Waals surface area contributed by atoms with Crippen LogP contribution in [0.15, 0.2) is 105 Å². The topological polar surface area (TPSA) is 105 Å². The zero-order chi connectivity index (χ0) is 32.4. The lowest BCUT2D eigenvalue weighted by Crippen LogP contribution is -2.16. The summed E-state index contributed by atoms with van der Waals surface area (Å²) in [4.78, 5) is 47.3. The van der Waals surface area contributed by atoms with E-state index in [1.807, 2.05) is 0 Å². The van der Waals surface area contributed by atoms with Crippen LogP contribution in [-0.4, -0.2) is 23.9 Å². The van der Waals surface area contributed by atoms with E-state index in [1.165, 1.54) is 48.5 Å². The first-order chi connectivity index (χ1) is 20.9. The predicted molar refractivity (Wildman–Crippen MR) is 153 cm³/mol. The molecule has 0 heterocycles. The molecule has 0 aromatic heterocycles. The van der Waals surface area contributed by atoms with Crippen molar-refractivity contribution in [2.75, 3.05) is 0 Å².